The lowest BCUT2D eigenvalue weighted by Gasteiger charge is -2.34. The summed E-state index contributed by atoms with van der Waals surface area (Å²) in [6.45, 7) is 15.0. The molecule has 270 valence electrons. The van der Waals surface area contributed by atoms with Crippen molar-refractivity contribution >= 4 is 29.5 Å². The van der Waals surface area contributed by atoms with Crippen molar-refractivity contribution in [1.82, 2.24) is 29.5 Å². The van der Waals surface area contributed by atoms with Crippen molar-refractivity contribution in [2.45, 2.75) is 109 Å². The summed E-state index contributed by atoms with van der Waals surface area (Å²) in [5.41, 5.74) is 2.56. The Kier molecular flexibility index (Phi) is 10.0. The first kappa shape index (κ1) is 35.3. The summed E-state index contributed by atoms with van der Waals surface area (Å²) in [7, 11) is 0. The van der Waals surface area contributed by atoms with Crippen molar-refractivity contribution in [3.63, 3.8) is 0 Å². The van der Waals surface area contributed by atoms with E-state index < -0.39 is 0 Å². The molecule has 1 saturated heterocycles. The third kappa shape index (κ3) is 8.03. The monoisotopic (exact) mass is 708 g/mol. The average molecular weight is 709 g/mol. The van der Waals surface area contributed by atoms with Gasteiger partial charge in [0, 0.05) is 42.5 Å². The van der Waals surface area contributed by atoms with Crippen LogP contribution in [0.4, 0.5) is 11.6 Å². The molecule has 1 aliphatic carbocycles. The van der Waals surface area contributed by atoms with Crippen LogP contribution in [-0.4, -0.2) is 49.3 Å². The number of fused-ring (bicyclic) bond motifs is 6. The van der Waals surface area contributed by atoms with Crippen LogP contribution in [-0.2, 0) is 5.41 Å². The fourth-order valence-corrected chi connectivity index (χ4v) is 8.55. The van der Waals surface area contributed by atoms with Crippen LogP contribution in [0.15, 0.2) is 66.0 Å². The van der Waals surface area contributed by atoms with Crippen LogP contribution < -0.4 is 19.7 Å². The Hall–Kier alpha value is -4.12. The van der Waals surface area contributed by atoms with Gasteiger partial charge in [-0.05, 0) is 98.2 Å². The first-order chi connectivity index (χ1) is 24.4. The Morgan fingerprint density at radius 1 is 1.06 bits per heavy atom. The van der Waals surface area contributed by atoms with Gasteiger partial charge in [-0.1, -0.05) is 59.4 Å². The van der Waals surface area contributed by atoms with E-state index in [2.05, 4.69) is 68.6 Å². The molecule has 3 atom stereocenters. The largest absolute Gasteiger partial charge is 0.477 e. The molecule has 6 heterocycles. The third-order valence-electron chi connectivity index (χ3n) is 11.0. The number of nitrogens with zero attached hydrogens (tertiary/aromatic N) is 6. The van der Waals surface area contributed by atoms with Gasteiger partial charge in [-0.25, -0.2) is 14.6 Å². The molecule has 1 saturated carbocycles. The predicted molar refractivity (Wildman–Crippen MR) is 204 cm³/mol. The number of pyridine rings is 3. The minimum Gasteiger partial charge on any atom is -0.477 e. The Labute approximate surface area is 306 Å². The number of amides is 1. The minimum atomic E-state index is -0.235. The van der Waals surface area contributed by atoms with E-state index in [1.54, 1.807) is 4.68 Å². The van der Waals surface area contributed by atoms with Gasteiger partial charge in [0.1, 0.15) is 16.7 Å². The Bertz CT molecular complexity index is 1850. The quantitative estimate of drug-likeness (QED) is 0.191. The zero-order valence-electron chi connectivity index (χ0n) is 30.9. The molecule has 1 unspecified atom stereocenters. The number of carbonyl (C=O) groups excluding carboxylic acids is 1. The number of hydrogen-bond acceptors (Lipinski definition) is 9. The fraction of sp³-hybridized carbons (Fsp3) is 0.525. The summed E-state index contributed by atoms with van der Waals surface area (Å²) >= 11 is 1.21. The van der Waals surface area contributed by atoms with Crippen LogP contribution in [0, 0.1) is 17.8 Å². The lowest BCUT2D eigenvalue weighted by atomic mass is 9.82. The van der Waals surface area contributed by atoms with E-state index in [1.165, 1.54) is 43.2 Å². The molecule has 4 aromatic heterocycles. The number of ether oxygens (including phenoxy) is 1. The van der Waals surface area contributed by atoms with E-state index in [0.717, 1.165) is 43.2 Å². The Morgan fingerprint density at radius 2 is 1.88 bits per heavy atom. The summed E-state index contributed by atoms with van der Waals surface area (Å²) in [6, 6.07) is 15.8. The summed E-state index contributed by atoms with van der Waals surface area (Å²) in [5, 5.41) is 9.14. The summed E-state index contributed by atoms with van der Waals surface area (Å²) < 4.78 is 10.9. The molecule has 51 heavy (non-hydrogen) atoms. The Balaban J connectivity index is 1.20. The maximum Gasteiger partial charge on any atom is 0.265 e. The highest BCUT2D eigenvalue weighted by molar-refractivity contribution is 7.97. The summed E-state index contributed by atoms with van der Waals surface area (Å²) in [5.74, 6) is 3.91. The lowest BCUT2D eigenvalue weighted by molar-refractivity contribution is 0.0984. The van der Waals surface area contributed by atoms with Gasteiger partial charge >= 0.3 is 0 Å². The van der Waals surface area contributed by atoms with Crippen molar-refractivity contribution in [3.8, 4) is 11.7 Å². The molecule has 2 aliphatic heterocycles. The van der Waals surface area contributed by atoms with Crippen molar-refractivity contribution in [3.05, 3.63) is 77.7 Å². The minimum absolute atomic E-state index is 0.00507. The van der Waals surface area contributed by atoms with Crippen molar-refractivity contribution in [2.75, 3.05) is 23.4 Å². The molecular formula is C40H52N8O2S. The van der Waals surface area contributed by atoms with Crippen molar-refractivity contribution in [2.24, 2.45) is 17.8 Å². The fourth-order valence-electron chi connectivity index (χ4n) is 7.95. The molecule has 4 bridgehead atoms. The number of rotatable bonds is 6. The topological polar surface area (TPSA) is 110 Å². The predicted octanol–water partition coefficient (Wildman–Crippen LogP) is 8.55. The molecule has 7 rings (SSSR count). The van der Waals surface area contributed by atoms with E-state index >= 15 is 0 Å². The summed E-state index contributed by atoms with van der Waals surface area (Å²) in [4.78, 5) is 31.2. The Morgan fingerprint density at radius 3 is 2.69 bits per heavy atom. The van der Waals surface area contributed by atoms with E-state index in [-0.39, 0.29) is 22.9 Å². The molecule has 3 aliphatic rings. The zero-order valence-corrected chi connectivity index (χ0v) is 31.7. The molecular weight excluding hydrogens is 657 g/mol. The van der Waals surface area contributed by atoms with Crippen LogP contribution in [0.5, 0.6) is 5.88 Å². The second kappa shape index (κ2) is 14.5. The second-order valence-electron chi connectivity index (χ2n) is 16.3. The van der Waals surface area contributed by atoms with Gasteiger partial charge in [0.05, 0.1) is 23.9 Å². The molecule has 11 heteroatoms. The van der Waals surface area contributed by atoms with Crippen LogP contribution in [0.25, 0.3) is 5.82 Å². The van der Waals surface area contributed by atoms with Crippen LogP contribution in [0.2, 0.25) is 0 Å². The average Bonchev–Trinajstić information content (AvgIpc) is 3.87. The van der Waals surface area contributed by atoms with Gasteiger partial charge in [-0.15, -0.1) is 5.10 Å². The molecule has 0 radical (unpaired) electrons. The van der Waals surface area contributed by atoms with E-state index in [4.69, 9.17) is 24.8 Å². The van der Waals surface area contributed by atoms with E-state index in [1.807, 2.05) is 48.8 Å². The standard InChI is InChI=1S/C40H52N8O2S/c1-26-22-32(31-23-29(16-19-41-31)39(2,3)4)42-33-12-9-13-36(43-33)51-46-38(49)30-14-15-34(44-37(30)47-25-28(26)24-40(47,5)6)48-20-17-35(45-48)50-21-18-27-10-7-8-11-27/h9,12-17,19-20,23,26-28,32H,7-8,10-11,18,21-22,24-25H2,1-6H3,(H,42,43)(H,46,49)/t26-,28-,32?/m0/s1. The van der Waals surface area contributed by atoms with Gasteiger partial charge < -0.3 is 15.0 Å². The smallest absolute Gasteiger partial charge is 0.265 e. The third-order valence-corrected chi connectivity index (χ3v) is 11.8. The molecule has 2 fully saturated rings. The van der Waals surface area contributed by atoms with Gasteiger partial charge in [0.15, 0.2) is 5.82 Å². The van der Waals surface area contributed by atoms with E-state index in [0.29, 0.717) is 46.5 Å². The lowest BCUT2D eigenvalue weighted by Crippen LogP contribution is -2.40. The number of aromatic nitrogens is 5. The zero-order chi connectivity index (χ0) is 35.8. The first-order valence-corrected chi connectivity index (χ1v) is 19.4. The van der Waals surface area contributed by atoms with Crippen LogP contribution in [0.3, 0.4) is 0 Å². The van der Waals surface area contributed by atoms with Gasteiger partial charge in [0.25, 0.3) is 5.91 Å². The van der Waals surface area contributed by atoms with Gasteiger partial charge in [0.2, 0.25) is 5.88 Å². The number of anilines is 2. The first-order valence-electron chi connectivity index (χ1n) is 18.6. The van der Waals surface area contributed by atoms with Crippen molar-refractivity contribution < 1.29 is 9.53 Å². The normalized spacial score (nSPS) is 22.4. The molecule has 0 aromatic carbocycles. The number of hydrogen-bond donors (Lipinski definition) is 2. The highest BCUT2D eigenvalue weighted by Crippen LogP contribution is 2.43. The maximum absolute atomic E-state index is 13.9. The molecule has 10 nitrogen and oxygen atoms in total. The van der Waals surface area contributed by atoms with E-state index in [9.17, 15) is 4.79 Å². The van der Waals surface area contributed by atoms with Crippen LogP contribution in [0.1, 0.15) is 114 Å². The van der Waals surface area contributed by atoms with Crippen molar-refractivity contribution in [1.29, 1.82) is 0 Å². The van der Waals surface area contributed by atoms with Gasteiger partial charge in [-0.3, -0.25) is 14.5 Å². The molecule has 1 amide bonds. The summed E-state index contributed by atoms with van der Waals surface area (Å²) in [6.07, 6.45) is 12.0. The van der Waals surface area contributed by atoms with Gasteiger partial charge in [-0.2, -0.15) is 0 Å². The number of nitrogens with one attached hydrogen (secondary N) is 2. The maximum atomic E-state index is 13.9. The molecule has 2 N–H and O–H groups in total. The molecule has 4 aromatic rings. The highest BCUT2D eigenvalue weighted by atomic mass is 32.2. The highest BCUT2D eigenvalue weighted by Gasteiger charge is 2.43. The SMILES string of the molecule is C[C@H]1CC(c2cc(C(C)(C)C)ccn2)Nc2cccc(n2)SNC(=O)c2ccc(-n3ccc(OCCC4CCCC4)n3)nc2N2C[C@@H]1CC2(C)C. The van der Waals surface area contributed by atoms with Crippen LogP contribution >= 0.6 is 11.9 Å². The molecule has 0 spiro atoms. The second-order valence-corrected chi connectivity index (χ2v) is 17.2. The number of carbonyl (C=O) groups is 1.